The molecule has 0 saturated heterocycles. The van der Waals surface area contributed by atoms with Gasteiger partial charge in [-0.05, 0) is 91.9 Å². The van der Waals surface area contributed by atoms with Gasteiger partial charge < -0.3 is 33.6 Å². The molecule has 70 heavy (non-hydrogen) atoms. The summed E-state index contributed by atoms with van der Waals surface area (Å²) in [7, 11) is -19.2. The van der Waals surface area contributed by atoms with Crippen LogP contribution in [-0.2, 0) is 70.0 Å². The number of benzene rings is 4. The van der Waals surface area contributed by atoms with Crippen molar-refractivity contribution in [1.82, 2.24) is 0 Å². The van der Waals surface area contributed by atoms with E-state index in [9.17, 15) is 62.4 Å². The number of rotatable bonds is 20. The third-order valence-corrected chi connectivity index (χ3v) is 15.6. The second-order valence-corrected chi connectivity index (χ2v) is 23.4. The Labute approximate surface area is 628 Å². The smallest absolute Gasteiger partial charge is 0.748 e. The fourth-order valence-corrected chi connectivity index (χ4v) is 12.2. The van der Waals surface area contributed by atoms with E-state index in [-0.39, 0.29) is 311 Å². The van der Waals surface area contributed by atoms with Crippen molar-refractivity contribution in [2.24, 2.45) is 0 Å². The molecule has 0 fully saturated rings. The Morgan fingerprint density at radius 1 is 0.657 bits per heavy atom. The normalized spacial score (nSPS) is 15.8. The molecule has 0 spiro atoms. The molecule has 2 heterocycles. The minimum absolute atomic E-state index is 0. The van der Waals surface area contributed by atoms with Gasteiger partial charge >= 0.3 is 257 Å². The summed E-state index contributed by atoms with van der Waals surface area (Å²) in [5.41, 5.74) is 1.18. The van der Waals surface area contributed by atoms with Gasteiger partial charge in [0, 0.05) is 79.5 Å². The van der Waals surface area contributed by atoms with E-state index in [2.05, 4.69) is 18.7 Å². The number of hydrogen-bond donors (Lipinski definition) is 0. The number of allylic oxidation sites excluding steroid dienone is 4. The number of nitrogens with zero attached hydrogens (tertiary/aromatic N) is 2. The Bertz CT molecular complexity index is 3120. The van der Waals surface area contributed by atoms with E-state index in [0.29, 0.717) is 74.2 Å². The van der Waals surface area contributed by atoms with Crippen molar-refractivity contribution in [3.63, 3.8) is 0 Å². The van der Waals surface area contributed by atoms with Gasteiger partial charge in [-0.25, -0.2) is 33.7 Å². The molecule has 4 aromatic rings. The van der Waals surface area contributed by atoms with Gasteiger partial charge in [-0.1, -0.05) is 26.0 Å². The zero-order valence-corrected chi connectivity index (χ0v) is 60.2. The third kappa shape index (κ3) is 17.8. The Morgan fingerprint density at radius 2 is 1.23 bits per heavy atom. The molecule has 4 aromatic carbocycles. The third-order valence-electron chi connectivity index (χ3n) is 11.2. The maximum Gasteiger partial charge on any atom is 1.00 e. The van der Waals surface area contributed by atoms with Gasteiger partial charge in [0.2, 0.25) is 5.69 Å². The fourth-order valence-electron chi connectivity index (χ4n) is 8.65. The quantitative estimate of drug-likeness (QED) is 0.0151. The average molecular weight is 1210 g/mol. The van der Waals surface area contributed by atoms with E-state index >= 15 is 0 Å². The zero-order valence-electron chi connectivity index (χ0n) is 39.7. The standard InChI is InChI=1S/C39H44N2O18S6.5K/c1-38(2)32(40(16-5-7-18-62(44,45)46)28-15-13-25-21-27(64(50,51)52)23-30(61-59-57-43)34(25)36(28)38)10-9-11-33-39(3,4)37-29(41(33)17-6-8-19-63(47,48)49)14-12-24-20-26(60-58-56-42)22-31(35(24)37)65(53,54)55;;;;;/h9-15,20-23H,5-8,16-19H2,1-4H3,(H5-,42,43,44,45,46,47,48,49,50,51,52,53,54,55);;;;;/q;5*+1/p-5. The monoisotopic (exact) mass is 1210 g/mol. The van der Waals surface area contributed by atoms with Gasteiger partial charge in [0.25, 0.3) is 0 Å². The Morgan fingerprint density at radius 3 is 1.80 bits per heavy atom. The Hall–Kier alpha value is 4.63. The first-order valence-electron chi connectivity index (χ1n) is 19.3. The Balaban J connectivity index is 0.00000490. The van der Waals surface area contributed by atoms with Gasteiger partial charge in [-0.3, -0.25) is 10.1 Å². The second-order valence-electron chi connectivity index (χ2n) is 16.1. The number of fused-ring (bicyclic) bond motifs is 6. The molecule has 0 saturated carbocycles. The van der Waals surface area contributed by atoms with Crippen LogP contribution in [-0.4, -0.2) is 86.8 Å². The minimum Gasteiger partial charge on any atom is -0.748 e. The van der Waals surface area contributed by atoms with E-state index in [1.807, 2.05) is 23.3 Å². The molecule has 20 nitrogen and oxygen atoms in total. The van der Waals surface area contributed by atoms with E-state index in [4.69, 9.17) is 0 Å². The average Bonchev–Trinajstić information content (AvgIpc) is 3.55. The van der Waals surface area contributed by atoms with Crippen molar-refractivity contribution in [2.45, 2.75) is 83.8 Å². The van der Waals surface area contributed by atoms with Crippen LogP contribution in [0.15, 0.2) is 92.0 Å². The second kappa shape index (κ2) is 30.1. The first kappa shape index (κ1) is 72.6. The summed E-state index contributed by atoms with van der Waals surface area (Å²) in [5, 5.41) is 29.6. The summed E-state index contributed by atoms with van der Waals surface area (Å²) in [6.07, 6.45) is 5.62. The van der Waals surface area contributed by atoms with E-state index in [1.54, 1.807) is 56.3 Å². The van der Waals surface area contributed by atoms with Crippen molar-refractivity contribution in [3.05, 3.63) is 83.6 Å². The van der Waals surface area contributed by atoms with Crippen LogP contribution < -0.4 is 272 Å². The molecule has 0 amide bonds. The van der Waals surface area contributed by atoms with Crippen LogP contribution in [0.4, 0.5) is 11.4 Å². The van der Waals surface area contributed by atoms with Crippen molar-refractivity contribution < 1.29 is 343 Å². The van der Waals surface area contributed by atoms with Crippen LogP contribution in [0.2, 0.25) is 0 Å². The molecular formula is C39H39K5N2O18S6. The summed E-state index contributed by atoms with van der Waals surface area (Å²) in [4.78, 5) is 0.747. The Kier molecular flexibility index (Phi) is 31.2. The SMILES string of the molecule is CC1(C)C(C=C/C=C2/N(CCCCS(=O)(=O)[O-])c3ccc4cc(SOO[O-])cc(S(=O)(=O)[O-])c4c3C2(C)C)=[N+](CCCCS(=O)(=O)[O-])c2ccc3cc(S(=O)(=O)[O-])cc(SOO[O-])c3c21.[K+].[K+].[K+].[K+].[K+]. The molecule has 0 radical (unpaired) electrons. The predicted molar refractivity (Wildman–Crippen MR) is 228 cm³/mol. The van der Waals surface area contributed by atoms with Crippen molar-refractivity contribution >= 4 is 103 Å². The van der Waals surface area contributed by atoms with Gasteiger partial charge in [0.15, 0.2) is 5.71 Å². The van der Waals surface area contributed by atoms with Crippen LogP contribution in [0.3, 0.4) is 0 Å². The minimum atomic E-state index is -5.17. The summed E-state index contributed by atoms with van der Waals surface area (Å²) >= 11 is 0.779. The van der Waals surface area contributed by atoms with Crippen LogP contribution in [0, 0.1) is 0 Å². The molecule has 0 bridgehead atoms. The predicted octanol–water partition coefficient (Wildman–Crippen LogP) is -11.5. The fraction of sp³-hybridized carbons (Fsp3) is 0.359. The van der Waals surface area contributed by atoms with Crippen LogP contribution in [0.25, 0.3) is 21.5 Å². The zero-order chi connectivity index (χ0) is 47.9. The molecule has 0 N–H and O–H groups in total. The summed E-state index contributed by atoms with van der Waals surface area (Å²) in [5.74, 6) is -1.25. The van der Waals surface area contributed by atoms with Crippen LogP contribution in [0.5, 0.6) is 0 Å². The molecule has 6 rings (SSSR count). The van der Waals surface area contributed by atoms with Gasteiger partial charge in [-0.2, -0.15) is 13.2 Å². The van der Waals surface area contributed by atoms with Crippen molar-refractivity contribution in [2.75, 3.05) is 29.5 Å². The molecule has 0 aliphatic carbocycles. The van der Waals surface area contributed by atoms with Crippen molar-refractivity contribution in [3.8, 4) is 0 Å². The maximum atomic E-state index is 12.9. The van der Waals surface area contributed by atoms with Crippen molar-refractivity contribution in [1.29, 1.82) is 0 Å². The molecule has 31 heteroatoms. The van der Waals surface area contributed by atoms with Gasteiger partial charge in [0.05, 0.1) is 59.5 Å². The van der Waals surface area contributed by atoms with Gasteiger partial charge in [0.1, 0.15) is 26.8 Å². The summed E-state index contributed by atoms with van der Waals surface area (Å²) in [6.45, 7) is 7.60. The maximum absolute atomic E-state index is 12.9. The topological polar surface area (TPSA) is 318 Å². The molecule has 2 aliphatic heterocycles. The number of unbranched alkanes of at least 4 members (excludes halogenated alkanes) is 2. The molecule has 354 valence electrons. The van der Waals surface area contributed by atoms with Gasteiger partial charge in [-0.15, -0.1) is 0 Å². The molecule has 0 atom stereocenters. The van der Waals surface area contributed by atoms with E-state index < -0.39 is 72.6 Å². The molecule has 0 unspecified atom stereocenters. The van der Waals surface area contributed by atoms with Crippen LogP contribution >= 0.6 is 24.1 Å². The number of hydrogen-bond acceptors (Lipinski definition) is 21. The molecule has 0 aromatic heterocycles. The van der Waals surface area contributed by atoms with E-state index in [1.165, 1.54) is 12.1 Å². The van der Waals surface area contributed by atoms with E-state index in [0.717, 1.165) is 12.1 Å². The summed E-state index contributed by atoms with van der Waals surface area (Å²) < 4.78 is 155. The molecular weight excluding hydrogens is 1170 g/mol. The van der Waals surface area contributed by atoms with Crippen LogP contribution in [0.1, 0.15) is 64.5 Å². The first-order chi connectivity index (χ1) is 30.2. The summed E-state index contributed by atoms with van der Waals surface area (Å²) in [6, 6.07) is 11.3. The number of anilines is 1. The molecule has 2 aliphatic rings. The largest absolute Gasteiger partial charge is 1.00 e. The first-order valence-corrected chi connectivity index (χ1v) is 26.7.